The molecule has 0 saturated carbocycles. The van der Waals surface area contributed by atoms with Crippen LogP contribution in [-0.4, -0.2) is 125 Å². The molecule has 0 radical (unpaired) electrons. The molecule has 2 aliphatic heterocycles. The van der Waals surface area contributed by atoms with Crippen molar-refractivity contribution in [3.8, 4) is 23.0 Å². The molecule has 0 spiro atoms. The Morgan fingerprint density at radius 1 is 0.407 bits per heavy atom. The summed E-state index contributed by atoms with van der Waals surface area (Å²) in [5.74, 6) is 0.669. The van der Waals surface area contributed by atoms with Gasteiger partial charge in [0.25, 0.3) is 0 Å². The Labute approximate surface area is 312 Å². The number of carbonyl (C=O) groups excluding carboxylic acids is 4. The lowest BCUT2D eigenvalue weighted by molar-refractivity contribution is 0.0269. The summed E-state index contributed by atoms with van der Waals surface area (Å²) in [4.78, 5) is 58.0. The predicted molar refractivity (Wildman–Crippen MR) is 196 cm³/mol. The van der Waals surface area contributed by atoms with Gasteiger partial charge in [-0.05, 0) is 24.3 Å². The molecule has 0 aromatic heterocycles. The molecule has 278 valence electrons. The fourth-order valence-electron chi connectivity index (χ4n) is 7.36. The summed E-state index contributed by atoms with van der Waals surface area (Å²) < 4.78 is 36.2. The minimum atomic E-state index is -0.257. The molecule has 12 heteroatoms. The summed E-state index contributed by atoms with van der Waals surface area (Å²) in [5, 5.41) is 0. The summed E-state index contributed by atoms with van der Waals surface area (Å²) in [7, 11) is 0. The fraction of sp³-hybridized carbons (Fsp3) is 0.333. The van der Waals surface area contributed by atoms with Crippen molar-refractivity contribution >= 4 is 23.1 Å². The normalized spacial score (nSPS) is 17.1. The van der Waals surface area contributed by atoms with Crippen LogP contribution in [0.4, 0.5) is 0 Å². The average molecular weight is 733 g/mol. The van der Waals surface area contributed by atoms with Gasteiger partial charge in [-0.3, -0.25) is 29.0 Å². The van der Waals surface area contributed by atoms with Gasteiger partial charge in [-0.25, -0.2) is 0 Å². The molecule has 2 aliphatic carbocycles. The maximum absolute atomic E-state index is 13.6. The molecule has 0 amide bonds. The summed E-state index contributed by atoms with van der Waals surface area (Å²) in [6, 6.07) is 20.5. The number of rotatable bonds is 9. The van der Waals surface area contributed by atoms with E-state index in [4.69, 9.17) is 28.4 Å². The van der Waals surface area contributed by atoms with E-state index in [2.05, 4.69) is 9.80 Å². The van der Waals surface area contributed by atoms with Crippen LogP contribution in [0.25, 0.3) is 0 Å². The molecule has 4 aromatic carbocycles. The van der Waals surface area contributed by atoms with Crippen molar-refractivity contribution in [3.05, 3.63) is 117 Å². The Kier molecular flexibility index (Phi) is 10.5. The van der Waals surface area contributed by atoms with Gasteiger partial charge in [0, 0.05) is 61.5 Å². The molecule has 0 fully saturated rings. The summed E-state index contributed by atoms with van der Waals surface area (Å²) in [6.45, 7) is 6.79. The Morgan fingerprint density at radius 3 is 1.00 bits per heavy atom. The van der Waals surface area contributed by atoms with E-state index in [0.717, 1.165) is 0 Å². The van der Waals surface area contributed by atoms with Gasteiger partial charge in [0.05, 0.1) is 48.7 Å². The van der Waals surface area contributed by atoms with Crippen LogP contribution in [-0.2, 0) is 9.47 Å². The lowest BCUT2D eigenvalue weighted by Crippen LogP contribution is -2.36. The molecule has 0 atom stereocenters. The van der Waals surface area contributed by atoms with E-state index < -0.39 is 0 Å². The molecule has 2 heterocycles. The maximum atomic E-state index is 13.6. The van der Waals surface area contributed by atoms with Crippen LogP contribution in [0.5, 0.6) is 23.0 Å². The topological polar surface area (TPSA) is 130 Å². The Bertz CT molecular complexity index is 1830. The first-order chi connectivity index (χ1) is 26.5. The number of ether oxygens (including phenoxy) is 6. The minimum absolute atomic E-state index is 0.205. The highest BCUT2D eigenvalue weighted by Crippen LogP contribution is 2.39. The van der Waals surface area contributed by atoms with E-state index in [-0.39, 0.29) is 45.4 Å². The van der Waals surface area contributed by atoms with Crippen molar-refractivity contribution in [2.45, 2.75) is 0 Å². The molecule has 8 rings (SSSR count). The molecular weight excluding hydrogens is 692 g/mol. The Balaban J connectivity index is 0.798. The highest BCUT2D eigenvalue weighted by atomic mass is 16.5. The van der Waals surface area contributed by atoms with Gasteiger partial charge in [0.2, 0.25) is 11.6 Å². The summed E-state index contributed by atoms with van der Waals surface area (Å²) in [5.41, 5.74) is 2.54. The first-order valence-electron chi connectivity index (χ1n) is 18.3. The predicted octanol–water partition coefficient (Wildman–Crippen LogP) is 4.12. The van der Waals surface area contributed by atoms with Crippen molar-refractivity contribution in [2.24, 2.45) is 0 Å². The quantitative estimate of drug-likeness (QED) is 0.198. The van der Waals surface area contributed by atoms with E-state index in [1.54, 1.807) is 72.8 Å². The van der Waals surface area contributed by atoms with E-state index in [1.165, 1.54) is 0 Å². The van der Waals surface area contributed by atoms with Crippen LogP contribution in [0.3, 0.4) is 0 Å². The first-order valence-corrected chi connectivity index (χ1v) is 18.3. The van der Waals surface area contributed by atoms with Crippen molar-refractivity contribution < 1.29 is 47.6 Å². The Morgan fingerprint density at radius 2 is 0.704 bits per heavy atom. The van der Waals surface area contributed by atoms with Crippen LogP contribution >= 0.6 is 0 Å². The number of benzene rings is 4. The highest BCUT2D eigenvalue weighted by Gasteiger charge is 2.36. The standard InChI is InChI=1S/C42H40N2O10/c45-39-27-5-1-9-31-35(27)41(47)36-28(39)6-2-10-32(36)52-22-16-43(15-21-51-31)13-19-49-25-26-50-20-14-44-17-23-53-33-11-3-7-29-37(33)42(48)38-30(40(29)46)8-4-12-34(38)54-24-18-44/h1-12H,13-26H2. The van der Waals surface area contributed by atoms with Crippen LogP contribution in [0, 0.1) is 0 Å². The first kappa shape index (κ1) is 35.6. The summed E-state index contributed by atoms with van der Waals surface area (Å²) >= 11 is 0. The van der Waals surface area contributed by atoms with Crippen LogP contribution in [0.1, 0.15) is 63.7 Å². The zero-order chi connectivity index (χ0) is 37.0. The molecule has 4 aromatic rings. The van der Waals surface area contributed by atoms with Crippen LogP contribution in [0.15, 0.2) is 72.8 Å². The Hall–Kier alpha value is -5.40. The second-order valence-corrected chi connectivity index (χ2v) is 13.3. The van der Waals surface area contributed by atoms with Gasteiger partial charge < -0.3 is 28.4 Å². The lowest BCUT2D eigenvalue weighted by Gasteiger charge is -2.26. The van der Waals surface area contributed by atoms with Gasteiger partial charge in [-0.15, -0.1) is 0 Å². The molecule has 0 unspecified atom stereocenters. The lowest BCUT2D eigenvalue weighted by atomic mass is 9.83. The van der Waals surface area contributed by atoms with Gasteiger partial charge in [0.1, 0.15) is 49.4 Å². The largest absolute Gasteiger partial charge is 0.491 e. The monoisotopic (exact) mass is 732 g/mol. The van der Waals surface area contributed by atoms with Crippen molar-refractivity contribution in [1.29, 1.82) is 0 Å². The molecule has 12 nitrogen and oxygen atoms in total. The van der Waals surface area contributed by atoms with E-state index in [0.29, 0.717) is 137 Å². The molecule has 4 aliphatic rings. The third-order valence-corrected chi connectivity index (χ3v) is 10.1. The highest BCUT2D eigenvalue weighted by molar-refractivity contribution is 6.31. The number of ketones is 4. The summed E-state index contributed by atoms with van der Waals surface area (Å²) in [6.07, 6.45) is 0. The SMILES string of the molecule is O=C1c2cccc3c2C(=O)c2c(cccc21)OCCN(CCOCCOCCN1CCOc2cccc4c2C(=O)c2c(cccc2C4=O)OCC1)CCO3. The van der Waals surface area contributed by atoms with E-state index in [1.807, 2.05) is 0 Å². The molecule has 0 N–H and O–H groups in total. The average Bonchev–Trinajstić information content (AvgIpc) is 3.18. The molecule has 54 heavy (non-hydrogen) atoms. The van der Waals surface area contributed by atoms with E-state index in [9.17, 15) is 19.2 Å². The fourth-order valence-corrected chi connectivity index (χ4v) is 7.36. The van der Waals surface area contributed by atoms with Gasteiger partial charge in [-0.2, -0.15) is 0 Å². The molecular formula is C42H40N2O10. The number of nitrogens with zero attached hydrogens (tertiary/aromatic N) is 2. The van der Waals surface area contributed by atoms with E-state index >= 15 is 0 Å². The number of carbonyl (C=O) groups is 4. The molecule has 0 saturated heterocycles. The van der Waals surface area contributed by atoms with Gasteiger partial charge in [-0.1, -0.05) is 48.5 Å². The second kappa shape index (κ2) is 15.9. The third kappa shape index (κ3) is 7.01. The number of hydrogen-bond acceptors (Lipinski definition) is 12. The van der Waals surface area contributed by atoms with Crippen molar-refractivity contribution in [2.75, 3.05) is 92.1 Å². The van der Waals surface area contributed by atoms with Gasteiger partial charge >= 0.3 is 0 Å². The van der Waals surface area contributed by atoms with Crippen molar-refractivity contribution in [1.82, 2.24) is 9.80 Å². The second-order valence-electron chi connectivity index (χ2n) is 13.3. The molecule has 4 bridgehead atoms. The van der Waals surface area contributed by atoms with Crippen molar-refractivity contribution in [3.63, 3.8) is 0 Å². The third-order valence-electron chi connectivity index (χ3n) is 10.1. The van der Waals surface area contributed by atoms with Gasteiger partial charge in [0.15, 0.2) is 11.6 Å². The zero-order valence-electron chi connectivity index (χ0n) is 29.8. The van der Waals surface area contributed by atoms with Crippen LogP contribution < -0.4 is 18.9 Å². The number of hydrogen-bond donors (Lipinski definition) is 0. The van der Waals surface area contributed by atoms with Crippen LogP contribution in [0.2, 0.25) is 0 Å². The zero-order valence-corrected chi connectivity index (χ0v) is 29.8. The smallest absolute Gasteiger partial charge is 0.201 e. The maximum Gasteiger partial charge on any atom is 0.201 e. The minimum Gasteiger partial charge on any atom is -0.491 e.